The van der Waals surface area contributed by atoms with Crippen molar-refractivity contribution in [3.63, 3.8) is 0 Å². The third-order valence-corrected chi connectivity index (χ3v) is 3.92. The molecule has 1 unspecified atom stereocenters. The zero-order chi connectivity index (χ0) is 13.8. The highest BCUT2D eigenvalue weighted by Gasteiger charge is 2.16. The summed E-state index contributed by atoms with van der Waals surface area (Å²) in [6.45, 7) is 0. The topological polar surface area (TPSA) is 29.5 Å². The van der Waals surface area contributed by atoms with Gasteiger partial charge < -0.3 is 9.84 Å². The summed E-state index contributed by atoms with van der Waals surface area (Å²) in [7, 11) is 0. The first-order valence-corrected chi connectivity index (χ1v) is 7.26. The van der Waals surface area contributed by atoms with Gasteiger partial charge in [-0.2, -0.15) is 0 Å². The van der Waals surface area contributed by atoms with E-state index in [-0.39, 0.29) is 0 Å². The molecule has 3 rings (SSSR count). The first-order chi connectivity index (χ1) is 9.84. The number of benzene rings is 2. The highest BCUT2D eigenvalue weighted by molar-refractivity contribution is 7.10. The molecule has 2 aromatic carbocycles. The Bertz CT molecular complexity index is 662. The molecule has 0 amide bonds. The van der Waals surface area contributed by atoms with Crippen LogP contribution in [0.3, 0.4) is 0 Å². The van der Waals surface area contributed by atoms with Gasteiger partial charge >= 0.3 is 0 Å². The molecule has 0 aliphatic carbocycles. The number of aliphatic hydroxyl groups excluding tert-OH is 1. The summed E-state index contributed by atoms with van der Waals surface area (Å²) < 4.78 is 5.87. The first-order valence-electron chi connectivity index (χ1n) is 6.38. The van der Waals surface area contributed by atoms with E-state index >= 15 is 0 Å². The van der Waals surface area contributed by atoms with Crippen LogP contribution in [-0.4, -0.2) is 5.11 Å². The molecule has 0 radical (unpaired) electrons. The van der Waals surface area contributed by atoms with Crippen LogP contribution in [0.5, 0.6) is 11.5 Å². The van der Waals surface area contributed by atoms with Crippen LogP contribution in [0.25, 0.3) is 0 Å². The number of thiophene rings is 1. The van der Waals surface area contributed by atoms with Crippen molar-refractivity contribution in [3.05, 3.63) is 82.6 Å². The fourth-order valence-corrected chi connectivity index (χ4v) is 2.74. The van der Waals surface area contributed by atoms with Crippen LogP contribution in [0.15, 0.2) is 72.1 Å². The quantitative estimate of drug-likeness (QED) is 0.756. The van der Waals surface area contributed by atoms with Crippen molar-refractivity contribution in [1.29, 1.82) is 0 Å². The summed E-state index contributed by atoms with van der Waals surface area (Å²) in [4.78, 5) is 0.911. The smallest absolute Gasteiger partial charge is 0.133 e. The van der Waals surface area contributed by atoms with Gasteiger partial charge in [-0.05, 0) is 29.6 Å². The second kappa shape index (κ2) is 5.90. The molecule has 0 saturated carbocycles. The summed E-state index contributed by atoms with van der Waals surface area (Å²) in [6.07, 6.45) is -0.657. The Hall–Kier alpha value is -2.10. The molecule has 0 fully saturated rings. The maximum Gasteiger partial charge on any atom is 0.133 e. The largest absolute Gasteiger partial charge is 0.457 e. The predicted octanol–water partition coefficient (Wildman–Crippen LogP) is 4.62. The maximum atomic E-state index is 10.5. The van der Waals surface area contributed by atoms with E-state index in [1.54, 1.807) is 0 Å². The van der Waals surface area contributed by atoms with Crippen LogP contribution in [0.4, 0.5) is 0 Å². The SMILES string of the molecule is OC(c1cccs1)c1ccccc1Oc1ccccc1. The Kier molecular flexibility index (Phi) is 3.81. The minimum Gasteiger partial charge on any atom is -0.457 e. The van der Waals surface area contributed by atoms with Crippen molar-refractivity contribution in [2.45, 2.75) is 6.10 Å². The average Bonchev–Trinajstić information content (AvgIpc) is 3.02. The molecule has 3 aromatic rings. The molecule has 1 N–H and O–H groups in total. The van der Waals surface area contributed by atoms with Crippen molar-refractivity contribution < 1.29 is 9.84 Å². The summed E-state index contributed by atoms with van der Waals surface area (Å²) in [5.74, 6) is 1.44. The number of ether oxygens (including phenoxy) is 1. The van der Waals surface area contributed by atoms with Gasteiger partial charge in [0.1, 0.15) is 17.6 Å². The Morgan fingerprint density at radius 2 is 1.60 bits per heavy atom. The fourth-order valence-electron chi connectivity index (χ4n) is 2.01. The molecule has 0 aliphatic heterocycles. The molecule has 100 valence electrons. The standard InChI is InChI=1S/C17H14O2S/c18-17(16-11-6-12-20-16)14-9-4-5-10-15(14)19-13-7-2-1-3-8-13/h1-12,17-18H. The highest BCUT2D eigenvalue weighted by Crippen LogP contribution is 2.34. The summed E-state index contributed by atoms with van der Waals surface area (Å²) in [6, 6.07) is 21.0. The molecule has 0 saturated heterocycles. The third-order valence-electron chi connectivity index (χ3n) is 3.00. The number of hydrogen-bond acceptors (Lipinski definition) is 3. The molecule has 1 atom stereocenters. The predicted molar refractivity (Wildman–Crippen MR) is 81.3 cm³/mol. The Labute approximate surface area is 121 Å². The van der Waals surface area contributed by atoms with Crippen LogP contribution in [0.2, 0.25) is 0 Å². The van der Waals surface area contributed by atoms with E-state index in [4.69, 9.17) is 4.74 Å². The number of aliphatic hydroxyl groups is 1. The van der Waals surface area contributed by atoms with Gasteiger partial charge in [0.05, 0.1) is 0 Å². The van der Waals surface area contributed by atoms with Gasteiger partial charge in [0.25, 0.3) is 0 Å². The Morgan fingerprint density at radius 1 is 0.850 bits per heavy atom. The van der Waals surface area contributed by atoms with Gasteiger partial charge in [-0.1, -0.05) is 42.5 Å². The maximum absolute atomic E-state index is 10.5. The molecule has 0 bridgehead atoms. The Balaban J connectivity index is 1.92. The number of para-hydroxylation sites is 2. The second-order valence-corrected chi connectivity index (χ2v) is 5.35. The van der Waals surface area contributed by atoms with E-state index in [1.807, 2.05) is 72.1 Å². The molecule has 2 nitrogen and oxygen atoms in total. The number of rotatable bonds is 4. The van der Waals surface area contributed by atoms with Crippen molar-refractivity contribution in [1.82, 2.24) is 0 Å². The van der Waals surface area contributed by atoms with E-state index in [0.29, 0.717) is 5.75 Å². The van der Waals surface area contributed by atoms with E-state index in [0.717, 1.165) is 16.2 Å². The van der Waals surface area contributed by atoms with Gasteiger partial charge in [0, 0.05) is 10.4 Å². The lowest BCUT2D eigenvalue weighted by Crippen LogP contribution is -2.00. The van der Waals surface area contributed by atoms with E-state index in [9.17, 15) is 5.11 Å². The molecule has 1 aromatic heterocycles. The molecule has 1 heterocycles. The van der Waals surface area contributed by atoms with Crippen LogP contribution in [0.1, 0.15) is 16.5 Å². The molecule has 0 spiro atoms. The first kappa shape index (κ1) is 12.9. The second-order valence-electron chi connectivity index (χ2n) is 4.37. The number of hydrogen-bond donors (Lipinski definition) is 1. The van der Waals surface area contributed by atoms with E-state index in [1.165, 1.54) is 11.3 Å². The monoisotopic (exact) mass is 282 g/mol. The summed E-state index contributed by atoms with van der Waals surface area (Å²) in [5.41, 5.74) is 0.777. The van der Waals surface area contributed by atoms with Crippen LogP contribution in [-0.2, 0) is 0 Å². The normalized spacial score (nSPS) is 12.1. The van der Waals surface area contributed by atoms with Gasteiger partial charge in [0.2, 0.25) is 0 Å². The average molecular weight is 282 g/mol. The molecule has 3 heteroatoms. The highest BCUT2D eigenvalue weighted by atomic mass is 32.1. The van der Waals surface area contributed by atoms with E-state index < -0.39 is 6.10 Å². The van der Waals surface area contributed by atoms with E-state index in [2.05, 4.69) is 0 Å². The lowest BCUT2D eigenvalue weighted by molar-refractivity contribution is 0.220. The zero-order valence-electron chi connectivity index (χ0n) is 10.8. The molecular formula is C17H14O2S. The summed E-state index contributed by atoms with van der Waals surface area (Å²) >= 11 is 1.54. The van der Waals surface area contributed by atoms with Gasteiger partial charge in [-0.15, -0.1) is 11.3 Å². The lowest BCUT2D eigenvalue weighted by atomic mass is 10.1. The molecule has 20 heavy (non-hydrogen) atoms. The third kappa shape index (κ3) is 2.74. The van der Waals surface area contributed by atoms with Crippen LogP contribution < -0.4 is 4.74 Å². The zero-order valence-corrected chi connectivity index (χ0v) is 11.6. The minimum absolute atomic E-state index is 0.657. The van der Waals surface area contributed by atoms with Crippen molar-refractivity contribution >= 4 is 11.3 Å². The van der Waals surface area contributed by atoms with Crippen molar-refractivity contribution in [3.8, 4) is 11.5 Å². The van der Waals surface area contributed by atoms with Gasteiger partial charge in [-0.3, -0.25) is 0 Å². The molecular weight excluding hydrogens is 268 g/mol. The van der Waals surface area contributed by atoms with Gasteiger partial charge in [0.15, 0.2) is 0 Å². The summed E-state index contributed by atoms with van der Waals surface area (Å²) in [5, 5.41) is 12.4. The minimum atomic E-state index is -0.657. The Morgan fingerprint density at radius 3 is 2.35 bits per heavy atom. The molecule has 0 aliphatic rings. The van der Waals surface area contributed by atoms with Crippen LogP contribution >= 0.6 is 11.3 Å². The lowest BCUT2D eigenvalue weighted by Gasteiger charge is -2.15. The van der Waals surface area contributed by atoms with Crippen molar-refractivity contribution in [2.75, 3.05) is 0 Å². The van der Waals surface area contributed by atoms with Crippen molar-refractivity contribution in [2.24, 2.45) is 0 Å². The van der Waals surface area contributed by atoms with Gasteiger partial charge in [-0.25, -0.2) is 0 Å². The fraction of sp³-hybridized carbons (Fsp3) is 0.0588. The van der Waals surface area contributed by atoms with Crippen LogP contribution in [0, 0.1) is 0 Å².